The van der Waals surface area contributed by atoms with Gasteiger partial charge in [-0.15, -0.1) is 0 Å². The molecule has 2 aromatic heterocycles. The number of furan rings is 1. The molecule has 0 aliphatic carbocycles. The van der Waals surface area contributed by atoms with Crippen LogP contribution >= 0.6 is 0 Å². The van der Waals surface area contributed by atoms with E-state index in [1.54, 1.807) is 24.5 Å². The molecule has 0 radical (unpaired) electrons. The van der Waals surface area contributed by atoms with E-state index >= 15 is 0 Å². The molecule has 0 atom stereocenters. The number of nitrogens with zero attached hydrogens (tertiary/aromatic N) is 1. The Morgan fingerprint density at radius 2 is 2.23 bits per heavy atom. The zero-order valence-corrected chi connectivity index (χ0v) is 12.4. The Balaban J connectivity index is 1.68. The normalized spacial score (nSPS) is 10.4. The summed E-state index contributed by atoms with van der Waals surface area (Å²) in [4.78, 5) is 22.8. The molecule has 0 bridgehead atoms. The van der Waals surface area contributed by atoms with Gasteiger partial charge in [0.25, 0.3) is 5.91 Å². The molecule has 0 aliphatic rings. The summed E-state index contributed by atoms with van der Waals surface area (Å²) in [6, 6.07) is 5.20. The third-order valence-electron chi connectivity index (χ3n) is 3.17. The van der Waals surface area contributed by atoms with Gasteiger partial charge in [0.05, 0.1) is 13.4 Å². The van der Waals surface area contributed by atoms with Gasteiger partial charge in [0.2, 0.25) is 0 Å². The van der Waals surface area contributed by atoms with Gasteiger partial charge >= 0.3 is 5.97 Å². The average molecular weight is 305 g/mol. The summed E-state index contributed by atoms with van der Waals surface area (Å²) in [6.45, 7) is 0.545. The second kappa shape index (κ2) is 8.02. The van der Waals surface area contributed by atoms with Crippen LogP contribution in [-0.4, -0.2) is 35.7 Å². The summed E-state index contributed by atoms with van der Waals surface area (Å²) in [5, 5.41) is 9.52. The fourth-order valence-electron chi connectivity index (χ4n) is 1.96. The molecule has 7 heteroatoms. The molecule has 0 fully saturated rings. The van der Waals surface area contributed by atoms with E-state index in [0.29, 0.717) is 30.1 Å². The number of ether oxygens (including phenoxy) is 1. The Labute approximate surface area is 128 Å². The lowest BCUT2D eigenvalue weighted by Crippen LogP contribution is -2.24. The molecule has 118 valence electrons. The second-order valence-corrected chi connectivity index (χ2v) is 4.79. The summed E-state index contributed by atoms with van der Waals surface area (Å²) in [7, 11) is 1.38. The third kappa shape index (κ3) is 4.47. The minimum Gasteiger partial charge on any atom is -0.469 e. The highest BCUT2D eigenvalue weighted by Crippen LogP contribution is 2.17. The van der Waals surface area contributed by atoms with Crippen molar-refractivity contribution in [3.05, 3.63) is 30.2 Å². The van der Waals surface area contributed by atoms with Crippen molar-refractivity contribution in [1.29, 1.82) is 0 Å². The standard InChI is InChI=1S/C15H19N3O4/c1-21-14(19)7-3-2-4-8-16-15(20)12-10-11(17-18-12)13-6-5-9-22-13/h5-6,9-10H,2-4,7-8H2,1H3,(H,16,20)(H,17,18). The van der Waals surface area contributed by atoms with Gasteiger partial charge in [0.1, 0.15) is 5.69 Å². The molecule has 0 aliphatic heterocycles. The number of rotatable bonds is 8. The highest BCUT2D eigenvalue weighted by atomic mass is 16.5. The molecule has 0 saturated heterocycles. The van der Waals surface area contributed by atoms with Crippen molar-refractivity contribution in [3.63, 3.8) is 0 Å². The van der Waals surface area contributed by atoms with Crippen LogP contribution in [0, 0.1) is 0 Å². The smallest absolute Gasteiger partial charge is 0.305 e. The first kappa shape index (κ1) is 15.8. The third-order valence-corrected chi connectivity index (χ3v) is 3.17. The molecule has 2 heterocycles. The number of hydrogen-bond donors (Lipinski definition) is 2. The molecule has 0 aromatic carbocycles. The van der Waals surface area contributed by atoms with E-state index in [9.17, 15) is 9.59 Å². The van der Waals surface area contributed by atoms with Crippen LogP contribution in [0.4, 0.5) is 0 Å². The van der Waals surface area contributed by atoms with Gasteiger partial charge in [-0.2, -0.15) is 5.10 Å². The van der Waals surface area contributed by atoms with E-state index in [2.05, 4.69) is 20.3 Å². The highest BCUT2D eigenvalue weighted by molar-refractivity contribution is 5.93. The first-order valence-electron chi connectivity index (χ1n) is 7.15. The van der Waals surface area contributed by atoms with E-state index in [0.717, 1.165) is 19.3 Å². The minimum atomic E-state index is -0.234. The van der Waals surface area contributed by atoms with Crippen molar-refractivity contribution in [2.24, 2.45) is 0 Å². The number of carbonyl (C=O) groups is 2. The Morgan fingerprint density at radius 3 is 2.95 bits per heavy atom. The first-order chi connectivity index (χ1) is 10.7. The molecule has 0 spiro atoms. The van der Waals surface area contributed by atoms with Crippen LogP contribution in [0.1, 0.15) is 36.2 Å². The second-order valence-electron chi connectivity index (χ2n) is 4.79. The van der Waals surface area contributed by atoms with Crippen molar-refractivity contribution >= 4 is 11.9 Å². The summed E-state index contributed by atoms with van der Waals surface area (Å²) in [5.41, 5.74) is 0.981. The topological polar surface area (TPSA) is 97.2 Å². The van der Waals surface area contributed by atoms with Crippen LogP contribution in [0.3, 0.4) is 0 Å². The maximum atomic E-state index is 11.9. The first-order valence-corrected chi connectivity index (χ1v) is 7.15. The van der Waals surface area contributed by atoms with Crippen molar-refractivity contribution in [1.82, 2.24) is 15.5 Å². The number of aromatic amines is 1. The van der Waals surface area contributed by atoms with Crippen molar-refractivity contribution in [3.8, 4) is 11.5 Å². The fraction of sp³-hybridized carbons (Fsp3) is 0.400. The maximum Gasteiger partial charge on any atom is 0.305 e. The molecule has 22 heavy (non-hydrogen) atoms. The average Bonchev–Trinajstić information content (AvgIpc) is 3.20. The lowest BCUT2D eigenvalue weighted by molar-refractivity contribution is -0.140. The van der Waals surface area contributed by atoms with Crippen LogP contribution in [0.5, 0.6) is 0 Å². The van der Waals surface area contributed by atoms with Gasteiger partial charge in [-0.1, -0.05) is 6.42 Å². The molecular weight excluding hydrogens is 286 g/mol. The Bertz CT molecular complexity index is 604. The number of nitrogens with one attached hydrogen (secondary N) is 2. The fourth-order valence-corrected chi connectivity index (χ4v) is 1.96. The highest BCUT2D eigenvalue weighted by Gasteiger charge is 2.12. The molecule has 2 N–H and O–H groups in total. The number of esters is 1. The zero-order valence-electron chi connectivity index (χ0n) is 12.4. The molecule has 2 aromatic rings. The quantitative estimate of drug-likeness (QED) is 0.575. The maximum absolute atomic E-state index is 11.9. The van der Waals surface area contributed by atoms with Crippen LogP contribution in [0.25, 0.3) is 11.5 Å². The van der Waals surface area contributed by atoms with E-state index < -0.39 is 0 Å². The van der Waals surface area contributed by atoms with Gasteiger partial charge in [-0.3, -0.25) is 14.7 Å². The van der Waals surface area contributed by atoms with Gasteiger partial charge < -0.3 is 14.5 Å². The van der Waals surface area contributed by atoms with Gasteiger partial charge in [0, 0.05) is 19.0 Å². The Kier molecular flexibility index (Phi) is 5.76. The van der Waals surface area contributed by atoms with Crippen LogP contribution in [0.15, 0.2) is 28.9 Å². The lowest BCUT2D eigenvalue weighted by Gasteiger charge is -2.02. The summed E-state index contributed by atoms with van der Waals surface area (Å²) in [5.74, 6) is 0.197. The van der Waals surface area contributed by atoms with Crippen LogP contribution in [-0.2, 0) is 9.53 Å². The van der Waals surface area contributed by atoms with Crippen molar-refractivity contribution in [2.45, 2.75) is 25.7 Å². The minimum absolute atomic E-state index is 0.203. The predicted octanol–water partition coefficient (Wildman–Crippen LogP) is 2.13. The number of carbonyl (C=O) groups excluding carboxylic acids is 2. The number of unbranched alkanes of at least 4 members (excludes halogenated alkanes) is 2. The molecule has 2 rings (SSSR count). The van der Waals surface area contributed by atoms with E-state index in [1.165, 1.54) is 7.11 Å². The monoisotopic (exact) mass is 305 g/mol. The number of aromatic nitrogens is 2. The SMILES string of the molecule is COC(=O)CCCCCNC(=O)c1cc(-c2ccco2)[nH]n1. The number of H-pyrrole nitrogens is 1. The predicted molar refractivity (Wildman–Crippen MR) is 79.1 cm³/mol. The van der Waals surface area contributed by atoms with Crippen LogP contribution in [0.2, 0.25) is 0 Å². The largest absolute Gasteiger partial charge is 0.469 e. The summed E-state index contributed by atoms with van der Waals surface area (Å²) < 4.78 is 9.78. The van der Waals surface area contributed by atoms with Gasteiger partial charge in [0.15, 0.2) is 11.5 Å². The molecule has 0 saturated carbocycles. The van der Waals surface area contributed by atoms with E-state index in [1.807, 2.05) is 0 Å². The molecular formula is C15H19N3O4. The number of amides is 1. The summed E-state index contributed by atoms with van der Waals surface area (Å²) >= 11 is 0. The number of methoxy groups -OCH3 is 1. The molecule has 7 nitrogen and oxygen atoms in total. The lowest BCUT2D eigenvalue weighted by atomic mass is 10.2. The molecule has 1 amide bonds. The summed E-state index contributed by atoms with van der Waals surface area (Å²) in [6.07, 6.45) is 4.39. The van der Waals surface area contributed by atoms with Gasteiger partial charge in [-0.25, -0.2) is 0 Å². The number of hydrogen-bond acceptors (Lipinski definition) is 5. The van der Waals surface area contributed by atoms with Crippen LogP contribution < -0.4 is 5.32 Å². The zero-order chi connectivity index (χ0) is 15.8. The Morgan fingerprint density at radius 1 is 1.36 bits per heavy atom. The van der Waals surface area contributed by atoms with Gasteiger partial charge in [-0.05, 0) is 25.0 Å². The van der Waals surface area contributed by atoms with E-state index in [-0.39, 0.29) is 11.9 Å². The van der Waals surface area contributed by atoms with Crippen molar-refractivity contribution < 1.29 is 18.7 Å². The Hall–Kier alpha value is -2.57. The molecule has 0 unspecified atom stereocenters. The van der Waals surface area contributed by atoms with Crippen molar-refractivity contribution in [2.75, 3.05) is 13.7 Å². The van der Waals surface area contributed by atoms with E-state index in [4.69, 9.17) is 4.42 Å².